The molecule has 7 rings (SSSR count). The van der Waals surface area contributed by atoms with E-state index in [1.807, 2.05) is 54.6 Å². The highest BCUT2D eigenvalue weighted by molar-refractivity contribution is 7.17. The number of benzene rings is 3. The second-order valence-corrected chi connectivity index (χ2v) is 12.2. The van der Waals surface area contributed by atoms with E-state index >= 15 is 0 Å². The van der Waals surface area contributed by atoms with Crippen molar-refractivity contribution in [2.24, 2.45) is 0 Å². The highest BCUT2D eigenvalue weighted by Crippen LogP contribution is 2.42. The molecule has 8 heteroatoms. The quantitative estimate of drug-likeness (QED) is 0.214. The number of carbonyl (C=O) groups is 2. The van der Waals surface area contributed by atoms with Crippen molar-refractivity contribution in [3.05, 3.63) is 135 Å². The molecular weight excluding hydrogens is 573 g/mol. The highest BCUT2D eigenvalue weighted by Gasteiger charge is 2.29. The van der Waals surface area contributed by atoms with Crippen LogP contribution in [0.15, 0.2) is 91.0 Å². The average Bonchev–Trinajstić information content (AvgIpc) is 3.63. The molecule has 2 aromatic heterocycles. The topological polar surface area (TPSA) is 71.5 Å². The number of nitrogens with one attached hydrogen (secondary N) is 1. The van der Waals surface area contributed by atoms with Crippen LogP contribution in [-0.2, 0) is 24.2 Å². The van der Waals surface area contributed by atoms with Crippen LogP contribution in [-0.4, -0.2) is 23.3 Å². The van der Waals surface area contributed by atoms with E-state index in [0.29, 0.717) is 42.1 Å². The number of nitrogens with zero attached hydrogens (tertiary/aromatic N) is 2. The number of aromatic nitrogens is 1. The SMILES string of the molecule is Cc1cccc(F)c1NC(=O)c1cc2c(s1)-c1ccccc1N(C(=O)c1cccc(CCC3OCc4ccccc43)n1)CC2. The summed E-state index contributed by atoms with van der Waals surface area (Å²) in [6.07, 6.45) is 2.09. The van der Waals surface area contributed by atoms with Gasteiger partial charge in [-0.2, -0.15) is 0 Å². The summed E-state index contributed by atoms with van der Waals surface area (Å²) < 4.78 is 20.4. The number of para-hydroxylation sites is 2. The maximum Gasteiger partial charge on any atom is 0.276 e. The number of fused-ring (bicyclic) bond motifs is 4. The molecule has 1 atom stereocenters. The predicted molar refractivity (Wildman–Crippen MR) is 171 cm³/mol. The maximum absolute atomic E-state index is 14.4. The highest BCUT2D eigenvalue weighted by atomic mass is 32.1. The zero-order valence-electron chi connectivity index (χ0n) is 24.2. The van der Waals surface area contributed by atoms with Gasteiger partial charge in [0, 0.05) is 22.7 Å². The van der Waals surface area contributed by atoms with Crippen LogP contribution >= 0.6 is 11.3 Å². The Morgan fingerprint density at radius 1 is 1.00 bits per heavy atom. The van der Waals surface area contributed by atoms with Crippen molar-refractivity contribution in [2.45, 2.75) is 38.9 Å². The van der Waals surface area contributed by atoms with E-state index in [4.69, 9.17) is 9.72 Å². The lowest BCUT2D eigenvalue weighted by Gasteiger charge is -2.23. The number of anilines is 2. The number of ether oxygens (including phenoxy) is 1. The first kappa shape index (κ1) is 28.1. The summed E-state index contributed by atoms with van der Waals surface area (Å²) in [5.74, 6) is -0.982. The molecule has 2 amide bonds. The van der Waals surface area contributed by atoms with Gasteiger partial charge in [-0.05, 0) is 78.8 Å². The Bertz CT molecular complexity index is 1880. The number of pyridine rings is 1. The van der Waals surface area contributed by atoms with Crippen molar-refractivity contribution >= 4 is 34.5 Å². The second kappa shape index (κ2) is 11.8. The van der Waals surface area contributed by atoms with E-state index in [-0.39, 0.29) is 23.6 Å². The van der Waals surface area contributed by atoms with Crippen LogP contribution in [0.5, 0.6) is 0 Å². The van der Waals surface area contributed by atoms with Crippen molar-refractivity contribution < 1.29 is 18.7 Å². The zero-order valence-corrected chi connectivity index (χ0v) is 25.0. The molecule has 4 heterocycles. The van der Waals surface area contributed by atoms with E-state index in [0.717, 1.165) is 33.8 Å². The third-order valence-electron chi connectivity index (χ3n) is 8.31. The number of amides is 2. The number of halogens is 1. The third-order valence-corrected chi connectivity index (χ3v) is 9.52. The number of carbonyl (C=O) groups excluding carboxylic acids is 2. The van der Waals surface area contributed by atoms with Crippen molar-refractivity contribution in [1.29, 1.82) is 0 Å². The summed E-state index contributed by atoms with van der Waals surface area (Å²) in [5, 5.41) is 2.75. The van der Waals surface area contributed by atoms with Gasteiger partial charge in [0.1, 0.15) is 11.5 Å². The van der Waals surface area contributed by atoms with Gasteiger partial charge in [-0.3, -0.25) is 9.59 Å². The van der Waals surface area contributed by atoms with Gasteiger partial charge >= 0.3 is 0 Å². The van der Waals surface area contributed by atoms with Gasteiger partial charge in [-0.1, -0.05) is 60.7 Å². The normalized spacial score (nSPS) is 15.2. The number of aryl methyl sites for hydroxylation is 2. The largest absolute Gasteiger partial charge is 0.369 e. The van der Waals surface area contributed by atoms with Crippen LogP contribution in [0.1, 0.15) is 60.6 Å². The fourth-order valence-electron chi connectivity index (χ4n) is 6.04. The minimum Gasteiger partial charge on any atom is -0.369 e. The summed E-state index contributed by atoms with van der Waals surface area (Å²) >= 11 is 1.36. The van der Waals surface area contributed by atoms with Crippen LogP contribution in [0, 0.1) is 12.7 Å². The fourth-order valence-corrected chi connectivity index (χ4v) is 7.18. The molecule has 0 fully saturated rings. The molecule has 0 aliphatic carbocycles. The lowest BCUT2D eigenvalue weighted by molar-refractivity contribution is 0.0602. The van der Waals surface area contributed by atoms with Crippen molar-refractivity contribution in [3.8, 4) is 10.4 Å². The maximum atomic E-state index is 14.4. The van der Waals surface area contributed by atoms with E-state index in [1.54, 1.807) is 30.0 Å². The van der Waals surface area contributed by atoms with E-state index < -0.39 is 5.82 Å². The van der Waals surface area contributed by atoms with Gasteiger partial charge in [0.15, 0.2) is 0 Å². The molecule has 2 aliphatic rings. The summed E-state index contributed by atoms with van der Waals surface area (Å²) in [5.41, 5.74) is 7.20. The molecule has 1 N–H and O–H groups in total. The molecule has 0 saturated heterocycles. The molecule has 1 unspecified atom stereocenters. The summed E-state index contributed by atoms with van der Waals surface area (Å²) in [6, 6.07) is 28.2. The molecule has 2 aliphatic heterocycles. The number of hydrogen-bond acceptors (Lipinski definition) is 5. The number of rotatable bonds is 6. The Labute approximate surface area is 259 Å². The van der Waals surface area contributed by atoms with E-state index in [1.165, 1.54) is 28.5 Å². The smallest absolute Gasteiger partial charge is 0.276 e. The predicted octanol–water partition coefficient (Wildman–Crippen LogP) is 7.92. The van der Waals surface area contributed by atoms with Gasteiger partial charge < -0.3 is 15.0 Å². The molecule has 0 spiro atoms. The standard InChI is InChI=1S/C36H30FN3O3S/c1-22-8-6-13-28(37)33(22)39-35(41)32-20-23-18-19-40(30-15-5-4-12-27(30)34(23)44-32)36(42)29-14-7-10-25(38-29)16-17-31-26-11-3-2-9-24(26)21-43-31/h2-15,20,31H,16-19,21H2,1H3,(H,39,41). The first-order chi connectivity index (χ1) is 21.5. The van der Waals surface area contributed by atoms with Gasteiger partial charge in [0.2, 0.25) is 0 Å². The first-order valence-corrected chi connectivity index (χ1v) is 15.5. The first-order valence-electron chi connectivity index (χ1n) is 14.7. The molecule has 3 aromatic carbocycles. The minimum absolute atomic E-state index is 0.0339. The second-order valence-electron chi connectivity index (χ2n) is 11.1. The summed E-state index contributed by atoms with van der Waals surface area (Å²) in [7, 11) is 0. The summed E-state index contributed by atoms with van der Waals surface area (Å²) in [4.78, 5) is 35.1. The Kier molecular flexibility index (Phi) is 7.54. The molecule has 5 aromatic rings. The van der Waals surface area contributed by atoms with Crippen LogP contribution in [0.3, 0.4) is 0 Å². The van der Waals surface area contributed by atoms with Crippen LogP contribution in [0.2, 0.25) is 0 Å². The molecule has 0 radical (unpaired) electrons. The Balaban J connectivity index is 1.11. The summed E-state index contributed by atoms with van der Waals surface area (Å²) in [6.45, 7) is 2.83. The van der Waals surface area contributed by atoms with E-state index in [2.05, 4.69) is 17.4 Å². The zero-order chi connectivity index (χ0) is 30.2. The van der Waals surface area contributed by atoms with Crippen LogP contribution < -0.4 is 10.2 Å². The Morgan fingerprint density at radius 3 is 2.70 bits per heavy atom. The van der Waals surface area contributed by atoms with E-state index in [9.17, 15) is 14.0 Å². The molecule has 44 heavy (non-hydrogen) atoms. The van der Waals surface area contributed by atoms with Crippen molar-refractivity contribution in [1.82, 2.24) is 4.98 Å². The van der Waals surface area contributed by atoms with Gasteiger partial charge in [-0.25, -0.2) is 9.37 Å². The molecule has 6 nitrogen and oxygen atoms in total. The minimum atomic E-state index is -0.467. The van der Waals surface area contributed by atoms with Gasteiger partial charge in [0.25, 0.3) is 11.8 Å². The Hall–Kier alpha value is -4.66. The van der Waals surface area contributed by atoms with Crippen LogP contribution in [0.4, 0.5) is 15.8 Å². The van der Waals surface area contributed by atoms with Crippen LogP contribution in [0.25, 0.3) is 10.4 Å². The number of hydrogen-bond donors (Lipinski definition) is 1. The third kappa shape index (κ3) is 5.31. The van der Waals surface area contributed by atoms with Crippen molar-refractivity contribution in [2.75, 3.05) is 16.8 Å². The monoisotopic (exact) mass is 603 g/mol. The average molecular weight is 604 g/mol. The Morgan fingerprint density at radius 2 is 1.82 bits per heavy atom. The molecular formula is C36H30FN3O3S. The lowest BCUT2D eigenvalue weighted by atomic mass is 10.0. The molecule has 220 valence electrons. The lowest BCUT2D eigenvalue weighted by Crippen LogP contribution is -2.33. The number of thiophene rings is 1. The van der Waals surface area contributed by atoms with Gasteiger partial charge in [0.05, 0.1) is 29.0 Å². The van der Waals surface area contributed by atoms with Gasteiger partial charge in [-0.15, -0.1) is 11.3 Å². The van der Waals surface area contributed by atoms with Crippen molar-refractivity contribution in [3.63, 3.8) is 0 Å². The molecule has 0 saturated carbocycles. The fraction of sp³-hybridized carbons (Fsp3) is 0.194. The molecule has 0 bridgehead atoms.